The van der Waals surface area contributed by atoms with Crippen molar-refractivity contribution in [1.82, 2.24) is 9.88 Å². The van der Waals surface area contributed by atoms with Crippen LogP contribution in [-0.4, -0.2) is 33.6 Å². The third kappa shape index (κ3) is 3.51. The molecule has 2 aliphatic rings. The van der Waals surface area contributed by atoms with E-state index in [-0.39, 0.29) is 23.7 Å². The van der Waals surface area contributed by atoms with E-state index in [0.29, 0.717) is 18.0 Å². The van der Waals surface area contributed by atoms with E-state index < -0.39 is 11.9 Å². The van der Waals surface area contributed by atoms with Gasteiger partial charge in [-0.3, -0.25) is 19.3 Å². The lowest BCUT2D eigenvalue weighted by Crippen LogP contribution is -2.46. The molecule has 2 heterocycles. The molecule has 7 heteroatoms. The lowest BCUT2D eigenvalue weighted by Gasteiger charge is -2.21. The van der Waals surface area contributed by atoms with Crippen LogP contribution in [0, 0.1) is 25.7 Å². The number of fused-ring (bicyclic) bond motifs is 1. The van der Waals surface area contributed by atoms with Crippen LogP contribution >= 0.6 is 11.3 Å². The lowest BCUT2D eigenvalue weighted by molar-refractivity contribution is -0.146. The Morgan fingerprint density at radius 2 is 1.83 bits per heavy atom. The number of nitrogens with zero attached hydrogens (tertiary/aromatic N) is 2. The van der Waals surface area contributed by atoms with Gasteiger partial charge in [-0.15, -0.1) is 11.3 Å². The fraction of sp³-hybridized carbons (Fsp3) is 0.364. The molecule has 29 heavy (non-hydrogen) atoms. The smallest absolute Gasteiger partial charge is 0.249 e. The molecule has 0 bridgehead atoms. The van der Waals surface area contributed by atoms with Crippen molar-refractivity contribution in [3.63, 3.8) is 0 Å². The number of allylic oxidation sites excluding steroid dienone is 2. The van der Waals surface area contributed by atoms with Crippen molar-refractivity contribution in [2.24, 2.45) is 11.8 Å². The molecule has 1 saturated heterocycles. The average Bonchev–Trinajstić information content (AvgIpc) is 3.26. The molecule has 150 valence electrons. The molecule has 0 radical (unpaired) electrons. The lowest BCUT2D eigenvalue weighted by atomic mass is 9.85. The molecule has 1 aromatic carbocycles. The Kier molecular flexibility index (Phi) is 5.08. The van der Waals surface area contributed by atoms with Crippen LogP contribution in [0.15, 0.2) is 35.7 Å². The molecular formula is C22H23N3O3S. The molecule has 1 aromatic heterocycles. The van der Waals surface area contributed by atoms with Gasteiger partial charge in [0.1, 0.15) is 6.04 Å². The predicted octanol–water partition coefficient (Wildman–Crippen LogP) is 3.71. The highest BCUT2D eigenvalue weighted by Gasteiger charge is 2.50. The zero-order valence-corrected chi connectivity index (χ0v) is 17.5. The van der Waals surface area contributed by atoms with Crippen molar-refractivity contribution in [1.29, 1.82) is 0 Å². The summed E-state index contributed by atoms with van der Waals surface area (Å²) in [6.07, 6.45) is 4.99. The van der Waals surface area contributed by atoms with Crippen molar-refractivity contribution in [2.75, 3.05) is 5.32 Å². The number of nitrogens with one attached hydrogen (secondary N) is 1. The Morgan fingerprint density at radius 1 is 1.17 bits per heavy atom. The number of likely N-dealkylation sites (tertiary alicyclic amines) is 1. The number of anilines is 1. The maximum absolute atomic E-state index is 12.8. The topological polar surface area (TPSA) is 79.4 Å². The minimum atomic E-state index is -0.867. The van der Waals surface area contributed by atoms with Gasteiger partial charge in [-0.2, -0.15) is 0 Å². The number of rotatable bonds is 4. The van der Waals surface area contributed by atoms with E-state index in [4.69, 9.17) is 0 Å². The van der Waals surface area contributed by atoms with Crippen LogP contribution in [0.4, 0.5) is 5.13 Å². The van der Waals surface area contributed by atoms with Crippen LogP contribution in [0.5, 0.6) is 0 Å². The van der Waals surface area contributed by atoms with E-state index in [9.17, 15) is 14.4 Å². The van der Waals surface area contributed by atoms with Gasteiger partial charge in [0.2, 0.25) is 17.7 Å². The molecular weight excluding hydrogens is 386 g/mol. The zero-order chi connectivity index (χ0) is 20.7. The Bertz CT molecular complexity index is 1000. The van der Waals surface area contributed by atoms with Gasteiger partial charge in [0, 0.05) is 10.9 Å². The highest BCUT2D eigenvalue weighted by Crippen LogP contribution is 2.36. The molecule has 1 N–H and O–H groups in total. The van der Waals surface area contributed by atoms with Gasteiger partial charge in [-0.05, 0) is 45.2 Å². The second-order valence-corrected chi connectivity index (χ2v) is 8.58. The molecule has 0 unspecified atom stereocenters. The summed E-state index contributed by atoms with van der Waals surface area (Å²) in [5.74, 6) is -1.57. The van der Waals surface area contributed by atoms with Crippen LogP contribution in [0.1, 0.15) is 30.9 Å². The Labute approximate surface area is 173 Å². The number of thiazole rings is 1. The van der Waals surface area contributed by atoms with Gasteiger partial charge in [0.05, 0.1) is 17.5 Å². The number of carbonyl (C=O) groups is 3. The van der Waals surface area contributed by atoms with Gasteiger partial charge in [0.25, 0.3) is 0 Å². The van der Waals surface area contributed by atoms with Gasteiger partial charge < -0.3 is 5.32 Å². The van der Waals surface area contributed by atoms with Crippen LogP contribution in [0.2, 0.25) is 0 Å². The van der Waals surface area contributed by atoms with Crippen LogP contribution in [0.3, 0.4) is 0 Å². The first kappa shape index (κ1) is 19.5. The minimum absolute atomic E-state index is 0.248. The largest absolute Gasteiger partial charge is 0.300 e. The summed E-state index contributed by atoms with van der Waals surface area (Å²) >= 11 is 1.33. The summed E-state index contributed by atoms with van der Waals surface area (Å²) in [5.41, 5.74) is 4.07. The van der Waals surface area contributed by atoms with Gasteiger partial charge in [0.15, 0.2) is 5.13 Å². The van der Waals surface area contributed by atoms with Crippen molar-refractivity contribution in [3.8, 4) is 11.3 Å². The highest BCUT2D eigenvalue weighted by atomic mass is 32.1. The Balaban J connectivity index is 1.49. The third-order valence-corrected chi connectivity index (χ3v) is 6.47. The Morgan fingerprint density at radius 3 is 2.48 bits per heavy atom. The number of carbonyl (C=O) groups excluding carboxylic acids is 3. The number of imide groups is 1. The van der Waals surface area contributed by atoms with E-state index in [1.54, 1.807) is 6.92 Å². The number of hydrogen-bond donors (Lipinski definition) is 1. The second kappa shape index (κ2) is 7.55. The molecule has 3 atom stereocenters. The molecule has 0 spiro atoms. The zero-order valence-electron chi connectivity index (χ0n) is 16.6. The van der Waals surface area contributed by atoms with E-state index in [1.807, 2.05) is 43.5 Å². The first-order valence-electron chi connectivity index (χ1n) is 9.72. The van der Waals surface area contributed by atoms with Crippen LogP contribution in [0.25, 0.3) is 11.3 Å². The molecule has 4 rings (SSSR count). The molecule has 6 nitrogen and oxygen atoms in total. The van der Waals surface area contributed by atoms with E-state index in [2.05, 4.69) is 16.4 Å². The van der Waals surface area contributed by atoms with Crippen LogP contribution in [-0.2, 0) is 14.4 Å². The molecule has 2 aromatic rings. The fourth-order valence-corrected chi connectivity index (χ4v) is 4.71. The molecule has 1 fully saturated rings. The van der Waals surface area contributed by atoms with Gasteiger partial charge >= 0.3 is 0 Å². The first-order valence-corrected chi connectivity index (χ1v) is 10.6. The number of hydrogen-bond acceptors (Lipinski definition) is 5. The number of benzene rings is 1. The second-order valence-electron chi connectivity index (χ2n) is 7.72. The third-order valence-electron chi connectivity index (χ3n) is 5.71. The van der Waals surface area contributed by atoms with Crippen LogP contribution < -0.4 is 5.32 Å². The van der Waals surface area contributed by atoms with Gasteiger partial charge in [-0.1, -0.05) is 29.8 Å². The standard InChI is InChI=1S/C22H23N3O3S/c1-12-8-9-13(2)17(10-12)18-11-29-22(23-18)24-19(26)14(3)25-20(27)15-6-4-5-7-16(15)21(25)28/h4-5,8-11,14-16H,6-7H2,1-3H3,(H,23,24,26)/t14-,15-,16-/m0/s1. The summed E-state index contributed by atoms with van der Waals surface area (Å²) in [6, 6.07) is 5.29. The van der Waals surface area contributed by atoms with E-state index >= 15 is 0 Å². The van der Waals surface area contributed by atoms with Crippen molar-refractivity contribution >= 4 is 34.2 Å². The Hall–Kier alpha value is -2.80. The summed E-state index contributed by atoms with van der Waals surface area (Å²) in [7, 11) is 0. The van der Waals surface area contributed by atoms with Crippen molar-refractivity contribution in [3.05, 3.63) is 46.9 Å². The summed E-state index contributed by atoms with van der Waals surface area (Å²) < 4.78 is 0. The quantitative estimate of drug-likeness (QED) is 0.617. The minimum Gasteiger partial charge on any atom is -0.300 e. The molecule has 3 amide bonds. The predicted molar refractivity (Wildman–Crippen MR) is 112 cm³/mol. The number of amides is 3. The van der Waals surface area contributed by atoms with Crippen molar-refractivity contribution < 1.29 is 14.4 Å². The summed E-state index contributed by atoms with van der Waals surface area (Å²) in [6.45, 7) is 5.64. The van der Waals surface area contributed by atoms with E-state index in [1.165, 1.54) is 11.3 Å². The molecule has 0 saturated carbocycles. The van der Waals surface area contributed by atoms with Gasteiger partial charge in [-0.25, -0.2) is 4.98 Å². The number of aryl methyl sites for hydroxylation is 2. The summed E-state index contributed by atoms with van der Waals surface area (Å²) in [5, 5.41) is 5.12. The fourth-order valence-electron chi connectivity index (χ4n) is 4.00. The van der Waals surface area contributed by atoms with Crippen molar-refractivity contribution in [2.45, 2.75) is 39.7 Å². The summed E-state index contributed by atoms with van der Waals surface area (Å²) in [4.78, 5) is 43.8. The molecule has 1 aliphatic heterocycles. The first-order chi connectivity index (χ1) is 13.9. The molecule has 1 aliphatic carbocycles. The monoisotopic (exact) mass is 409 g/mol. The average molecular weight is 410 g/mol. The normalized spacial score (nSPS) is 22.0. The number of aromatic nitrogens is 1. The SMILES string of the molecule is Cc1ccc(C)c(-c2csc(NC(=O)[C@H](C)N3C(=O)[C@H]4CC=CC[C@@H]4C3=O)n2)c1. The maximum atomic E-state index is 12.8. The van der Waals surface area contributed by atoms with E-state index in [0.717, 1.165) is 27.3 Å². The maximum Gasteiger partial charge on any atom is 0.249 e. The highest BCUT2D eigenvalue weighted by molar-refractivity contribution is 7.14.